The van der Waals surface area contributed by atoms with Gasteiger partial charge in [-0.15, -0.1) is 0 Å². The molecule has 1 aliphatic rings. The molecule has 1 atom stereocenters. The Bertz CT molecular complexity index is 878. The number of rotatable bonds is 3. The Morgan fingerprint density at radius 1 is 1.26 bits per heavy atom. The lowest BCUT2D eigenvalue weighted by Crippen LogP contribution is -2.35. The number of fused-ring (bicyclic) bond motifs is 3. The van der Waals surface area contributed by atoms with Gasteiger partial charge in [0, 0.05) is 16.8 Å². The maximum absolute atomic E-state index is 12.3. The van der Waals surface area contributed by atoms with Crippen LogP contribution in [-0.4, -0.2) is 25.6 Å². The van der Waals surface area contributed by atoms with Crippen molar-refractivity contribution in [2.24, 2.45) is 0 Å². The van der Waals surface area contributed by atoms with Gasteiger partial charge in [-0.1, -0.05) is 18.2 Å². The zero-order valence-electron chi connectivity index (χ0n) is 12.9. The predicted octanol–water partition coefficient (Wildman–Crippen LogP) is 3.29. The highest BCUT2D eigenvalue weighted by Gasteiger charge is 2.23. The molecule has 2 heterocycles. The van der Waals surface area contributed by atoms with Crippen LogP contribution in [0.15, 0.2) is 40.8 Å². The van der Waals surface area contributed by atoms with Gasteiger partial charge in [-0.2, -0.15) is 0 Å². The van der Waals surface area contributed by atoms with Crippen molar-refractivity contribution in [1.29, 1.82) is 0 Å². The molecule has 2 aromatic carbocycles. The summed E-state index contributed by atoms with van der Waals surface area (Å²) in [5, 5.41) is 8.17. The molecular formula is C18H18N2O3. The first-order valence-electron chi connectivity index (χ1n) is 7.80. The standard InChI is InChI=1S/C18H18N2O3/c1-22-17-9-12-11-5-2-3-7-15(11)23-16(12)10-14(17)20-18(21)13-6-4-8-19-13/h2-3,5,7,9-10,13,19H,4,6,8H2,1H3,(H,20,21)/t13-/m0/s1. The molecule has 0 aliphatic carbocycles. The quantitative estimate of drug-likeness (QED) is 0.779. The number of benzene rings is 2. The summed E-state index contributed by atoms with van der Waals surface area (Å²) < 4.78 is 11.3. The Balaban J connectivity index is 1.76. The van der Waals surface area contributed by atoms with E-state index in [1.807, 2.05) is 36.4 Å². The van der Waals surface area contributed by atoms with E-state index in [0.717, 1.165) is 41.3 Å². The Labute approximate surface area is 133 Å². The predicted molar refractivity (Wildman–Crippen MR) is 89.9 cm³/mol. The van der Waals surface area contributed by atoms with Crippen LogP contribution in [0.4, 0.5) is 5.69 Å². The second-order valence-corrected chi connectivity index (χ2v) is 5.79. The van der Waals surface area contributed by atoms with E-state index in [9.17, 15) is 4.79 Å². The van der Waals surface area contributed by atoms with E-state index in [-0.39, 0.29) is 11.9 Å². The molecule has 3 aromatic rings. The number of hydrogen-bond acceptors (Lipinski definition) is 4. The molecule has 0 unspecified atom stereocenters. The van der Waals surface area contributed by atoms with E-state index in [1.54, 1.807) is 7.11 Å². The largest absolute Gasteiger partial charge is 0.495 e. The van der Waals surface area contributed by atoms with E-state index in [1.165, 1.54) is 0 Å². The van der Waals surface area contributed by atoms with Gasteiger partial charge in [-0.3, -0.25) is 4.79 Å². The lowest BCUT2D eigenvalue weighted by Gasteiger charge is -2.13. The summed E-state index contributed by atoms with van der Waals surface area (Å²) in [6, 6.07) is 11.5. The number of carbonyl (C=O) groups is 1. The first-order valence-corrected chi connectivity index (χ1v) is 7.80. The van der Waals surface area contributed by atoms with E-state index < -0.39 is 0 Å². The Morgan fingerprint density at radius 3 is 2.91 bits per heavy atom. The third-order valence-corrected chi connectivity index (χ3v) is 4.33. The number of furan rings is 1. The van der Waals surface area contributed by atoms with Gasteiger partial charge >= 0.3 is 0 Å². The van der Waals surface area contributed by atoms with Crippen LogP contribution >= 0.6 is 0 Å². The van der Waals surface area contributed by atoms with E-state index in [4.69, 9.17) is 9.15 Å². The maximum atomic E-state index is 12.3. The summed E-state index contributed by atoms with van der Waals surface area (Å²) in [6.07, 6.45) is 1.89. The lowest BCUT2D eigenvalue weighted by molar-refractivity contribution is -0.117. The highest BCUT2D eigenvalue weighted by Crippen LogP contribution is 2.36. The number of carbonyl (C=O) groups excluding carboxylic acids is 1. The highest BCUT2D eigenvalue weighted by atomic mass is 16.5. The molecule has 0 radical (unpaired) electrons. The summed E-state index contributed by atoms with van der Waals surface area (Å²) in [4.78, 5) is 12.3. The molecule has 5 heteroatoms. The Kier molecular flexibility index (Phi) is 3.42. The van der Waals surface area contributed by atoms with Crippen molar-refractivity contribution < 1.29 is 13.9 Å². The molecule has 2 N–H and O–H groups in total. The summed E-state index contributed by atoms with van der Waals surface area (Å²) in [7, 11) is 1.60. The van der Waals surface area contributed by atoms with Gasteiger partial charge < -0.3 is 19.8 Å². The molecule has 5 nitrogen and oxygen atoms in total. The van der Waals surface area contributed by atoms with Crippen LogP contribution in [-0.2, 0) is 4.79 Å². The monoisotopic (exact) mass is 310 g/mol. The van der Waals surface area contributed by atoms with Crippen molar-refractivity contribution in [3.8, 4) is 5.75 Å². The van der Waals surface area contributed by atoms with Gasteiger partial charge in [-0.05, 0) is 31.5 Å². The van der Waals surface area contributed by atoms with Crippen LogP contribution in [0.2, 0.25) is 0 Å². The Hall–Kier alpha value is -2.53. The fourth-order valence-electron chi connectivity index (χ4n) is 3.15. The number of hydrogen-bond donors (Lipinski definition) is 2. The number of amides is 1. The fraction of sp³-hybridized carbons (Fsp3) is 0.278. The van der Waals surface area contributed by atoms with Gasteiger partial charge in [0.25, 0.3) is 0 Å². The number of methoxy groups -OCH3 is 1. The van der Waals surface area contributed by atoms with Crippen molar-refractivity contribution in [3.63, 3.8) is 0 Å². The topological polar surface area (TPSA) is 63.5 Å². The van der Waals surface area contributed by atoms with Crippen molar-refractivity contribution >= 4 is 33.5 Å². The zero-order chi connectivity index (χ0) is 15.8. The summed E-state index contributed by atoms with van der Waals surface area (Å²) in [6.45, 7) is 0.887. The first kappa shape index (κ1) is 14.1. The van der Waals surface area contributed by atoms with Gasteiger partial charge in [0.15, 0.2) is 0 Å². The molecule has 1 amide bonds. The lowest BCUT2D eigenvalue weighted by atomic mass is 10.1. The minimum absolute atomic E-state index is 0.0312. The highest BCUT2D eigenvalue weighted by molar-refractivity contribution is 6.08. The second-order valence-electron chi connectivity index (χ2n) is 5.79. The molecule has 0 bridgehead atoms. The normalized spacial score (nSPS) is 17.7. The van der Waals surface area contributed by atoms with Gasteiger partial charge in [0.05, 0.1) is 18.8 Å². The van der Waals surface area contributed by atoms with Crippen molar-refractivity contribution in [2.45, 2.75) is 18.9 Å². The van der Waals surface area contributed by atoms with Crippen LogP contribution in [0.1, 0.15) is 12.8 Å². The molecule has 23 heavy (non-hydrogen) atoms. The van der Waals surface area contributed by atoms with Crippen LogP contribution in [0.25, 0.3) is 21.9 Å². The smallest absolute Gasteiger partial charge is 0.241 e. The second kappa shape index (κ2) is 5.59. The van der Waals surface area contributed by atoms with Crippen molar-refractivity contribution in [1.82, 2.24) is 5.32 Å². The van der Waals surface area contributed by atoms with Crippen molar-refractivity contribution in [3.05, 3.63) is 36.4 Å². The number of para-hydroxylation sites is 1. The van der Waals surface area contributed by atoms with Crippen LogP contribution < -0.4 is 15.4 Å². The van der Waals surface area contributed by atoms with Crippen LogP contribution in [0.5, 0.6) is 5.75 Å². The van der Waals surface area contributed by atoms with Crippen LogP contribution in [0.3, 0.4) is 0 Å². The molecule has 0 spiro atoms. The van der Waals surface area contributed by atoms with Crippen LogP contribution in [0, 0.1) is 0 Å². The fourth-order valence-corrected chi connectivity index (χ4v) is 3.15. The molecule has 1 aromatic heterocycles. The third-order valence-electron chi connectivity index (χ3n) is 4.33. The number of ether oxygens (including phenoxy) is 1. The average Bonchev–Trinajstić information content (AvgIpc) is 3.21. The summed E-state index contributed by atoms with van der Waals surface area (Å²) in [5.41, 5.74) is 2.20. The zero-order valence-corrected chi connectivity index (χ0v) is 12.9. The number of anilines is 1. The summed E-state index contributed by atoms with van der Waals surface area (Å²) >= 11 is 0. The molecule has 1 fully saturated rings. The van der Waals surface area contributed by atoms with Gasteiger partial charge in [0.1, 0.15) is 16.9 Å². The van der Waals surface area contributed by atoms with E-state index >= 15 is 0 Å². The minimum Gasteiger partial charge on any atom is -0.495 e. The molecule has 4 rings (SSSR count). The number of nitrogens with one attached hydrogen (secondary N) is 2. The van der Waals surface area contributed by atoms with Gasteiger partial charge in [-0.25, -0.2) is 0 Å². The Morgan fingerprint density at radius 2 is 2.13 bits per heavy atom. The molecule has 118 valence electrons. The first-order chi connectivity index (χ1) is 11.3. The van der Waals surface area contributed by atoms with E-state index in [2.05, 4.69) is 10.6 Å². The summed E-state index contributed by atoms with van der Waals surface area (Å²) in [5.74, 6) is 0.603. The molecule has 1 aliphatic heterocycles. The average molecular weight is 310 g/mol. The SMILES string of the molecule is COc1cc2c(cc1NC(=O)[C@@H]1CCCN1)oc1ccccc12. The third kappa shape index (κ3) is 2.43. The van der Waals surface area contributed by atoms with Gasteiger partial charge in [0.2, 0.25) is 5.91 Å². The van der Waals surface area contributed by atoms with Crippen molar-refractivity contribution in [2.75, 3.05) is 19.0 Å². The maximum Gasteiger partial charge on any atom is 0.241 e. The molecule has 0 saturated carbocycles. The van der Waals surface area contributed by atoms with E-state index in [0.29, 0.717) is 11.4 Å². The minimum atomic E-state index is -0.133. The molecular weight excluding hydrogens is 292 g/mol. The molecule has 1 saturated heterocycles.